The number of hydrogen-bond acceptors (Lipinski definition) is 6. The zero-order valence-corrected chi connectivity index (χ0v) is 13.8. The Morgan fingerprint density at radius 2 is 2.04 bits per heavy atom. The molecule has 2 aromatic rings. The van der Waals surface area contributed by atoms with Crippen LogP contribution in [0.1, 0.15) is 37.9 Å². The molecule has 124 valence electrons. The molecule has 1 N–H and O–H groups in total. The molecule has 2 aromatic heterocycles. The summed E-state index contributed by atoms with van der Waals surface area (Å²) in [6, 6.07) is 3.28. The number of carbonyl (C=O) groups excluding carboxylic acids is 2. The maximum absolute atomic E-state index is 12.6. The van der Waals surface area contributed by atoms with E-state index in [1.807, 2.05) is 0 Å². The van der Waals surface area contributed by atoms with Crippen LogP contribution in [0, 0.1) is 12.3 Å². The van der Waals surface area contributed by atoms with Gasteiger partial charge in [-0.2, -0.15) is 5.10 Å². The van der Waals surface area contributed by atoms with E-state index in [1.165, 1.54) is 17.3 Å². The van der Waals surface area contributed by atoms with Gasteiger partial charge in [0.2, 0.25) is 0 Å². The SMILES string of the molecule is Cc1nc(-n2cncn2)ccc1C(O)=C1C(=O)CCC(C)(C)C1=O. The van der Waals surface area contributed by atoms with Crippen LogP contribution in [0.3, 0.4) is 0 Å². The number of aliphatic hydroxyl groups is 1. The number of hydrogen-bond donors (Lipinski definition) is 1. The average molecular weight is 326 g/mol. The second kappa shape index (κ2) is 5.67. The molecule has 0 atom stereocenters. The van der Waals surface area contributed by atoms with Crippen LogP contribution in [0.2, 0.25) is 0 Å². The van der Waals surface area contributed by atoms with Gasteiger partial charge in [-0.1, -0.05) is 13.8 Å². The molecule has 0 aromatic carbocycles. The van der Waals surface area contributed by atoms with Gasteiger partial charge in [0.05, 0.1) is 5.69 Å². The summed E-state index contributed by atoms with van der Waals surface area (Å²) in [7, 11) is 0. The summed E-state index contributed by atoms with van der Waals surface area (Å²) >= 11 is 0. The predicted octanol–water partition coefficient (Wildman–Crippen LogP) is 2.20. The number of aryl methyl sites for hydroxylation is 1. The maximum Gasteiger partial charge on any atom is 0.175 e. The van der Waals surface area contributed by atoms with Crippen LogP contribution in [0.15, 0.2) is 30.4 Å². The van der Waals surface area contributed by atoms with E-state index >= 15 is 0 Å². The van der Waals surface area contributed by atoms with Crippen molar-refractivity contribution < 1.29 is 14.7 Å². The van der Waals surface area contributed by atoms with Gasteiger partial charge in [0.15, 0.2) is 17.4 Å². The van der Waals surface area contributed by atoms with Gasteiger partial charge in [0.25, 0.3) is 0 Å². The van der Waals surface area contributed by atoms with Gasteiger partial charge >= 0.3 is 0 Å². The molecule has 24 heavy (non-hydrogen) atoms. The molecule has 2 heterocycles. The highest BCUT2D eigenvalue weighted by molar-refractivity contribution is 6.27. The summed E-state index contributed by atoms with van der Waals surface area (Å²) in [6.45, 7) is 5.28. The molecule has 0 radical (unpaired) electrons. The van der Waals surface area contributed by atoms with E-state index < -0.39 is 5.41 Å². The minimum atomic E-state index is -0.654. The molecule has 3 rings (SSSR count). The Morgan fingerprint density at radius 1 is 1.29 bits per heavy atom. The monoisotopic (exact) mass is 326 g/mol. The molecule has 0 spiro atoms. The molecule has 0 saturated heterocycles. The number of nitrogens with zero attached hydrogens (tertiary/aromatic N) is 4. The summed E-state index contributed by atoms with van der Waals surface area (Å²) in [6.07, 6.45) is 3.65. The largest absolute Gasteiger partial charge is 0.506 e. The number of pyridine rings is 1. The number of rotatable bonds is 2. The molecule has 1 aliphatic rings. The van der Waals surface area contributed by atoms with Crippen LogP contribution in [0.25, 0.3) is 11.6 Å². The van der Waals surface area contributed by atoms with Crippen LogP contribution in [0.5, 0.6) is 0 Å². The first-order valence-electron chi connectivity index (χ1n) is 7.65. The minimum absolute atomic E-state index is 0.121. The van der Waals surface area contributed by atoms with Crippen molar-refractivity contribution in [1.82, 2.24) is 19.7 Å². The highest BCUT2D eigenvalue weighted by Gasteiger charge is 2.40. The number of ketones is 2. The summed E-state index contributed by atoms with van der Waals surface area (Å²) in [5.41, 5.74) is 0.0917. The van der Waals surface area contributed by atoms with Crippen LogP contribution >= 0.6 is 0 Å². The van der Waals surface area contributed by atoms with Gasteiger partial charge in [-0.25, -0.2) is 14.6 Å². The molecular weight excluding hydrogens is 308 g/mol. The van der Waals surface area contributed by atoms with Gasteiger partial charge in [0.1, 0.15) is 24.0 Å². The van der Waals surface area contributed by atoms with Crippen molar-refractivity contribution in [2.24, 2.45) is 5.41 Å². The lowest BCUT2D eigenvalue weighted by molar-refractivity contribution is -0.130. The first kappa shape index (κ1) is 16.0. The van der Waals surface area contributed by atoms with Gasteiger partial charge in [-0.3, -0.25) is 9.59 Å². The third kappa shape index (κ3) is 2.62. The lowest BCUT2D eigenvalue weighted by Crippen LogP contribution is -2.35. The van der Waals surface area contributed by atoms with Crippen molar-refractivity contribution >= 4 is 17.3 Å². The highest BCUT2D eigenvalue weighted by atomic mass is 16.3. The zero-order chi connectivity index (χ0) is 17.5. The number of Topliss-reactive ketones (excluding diaryl/α,β-unsaturated/α-hetero) is 2. The molecule has 0 aliphatic heterocycles. The van der Waals surface area contributed by atoms with E-state index in [9.17, 15) is 14.7 Å². The topological polar surface area (TPSA) is 98.0 Å². The van der Waals surface area contributed by atoms with Crippen molar-refractivity contribution in [3.05, 3.63) is 41.6 Å². The first-order chi connectivity index (χ1) is 11.3. The molecule has 7 nitrogen and oxygen atoms in total. The second-order valence-electron chi connectivity index (χ2n) is 6.50. The number of aliphatic hydroxyl groups excluding tert-OH is 1. The van der Waals surface area contributed by atoms with Crippen LogP contribution < -0.4 is 0 Å². The van der Waals surface area contributed by atoms with E-state index in [-0.39, 0.29) is 29.3 Å². The molecule has 0 bridgehead atoms. The van der Waals surface area contributed by atoms with Gasteiger partial charge in [-0.05, 0) is 25.5 Å². The fraction of sp³-hybridized carbons (Fsp3) is 0.353. The number of allylic oxidation sites excluding steroid dienone is 1. The normalized spacial score (nSPS) is 19.5. The Morgan fingerprint density at radius 3 is 2.67 bits per heavy atom. The fourth-order valence-electron chi connectivity index (χ4n) is 2.76. The molecular formula is C17H18N4O3. The Kier molecular flexibility index (Phi) is 3.79. The van der Waals surface area contributed by atoms with E-state index in [2.05, 4.69) is 15.1 Å². The Bertz CT molecular complexity index is 851. The fourth-order valence-corrected chi connectivity index (χ4v) is 2.76. The molecule has 1 fully saturated rings. The molecule has 0 amide bonds. The Hall–Kier alpha value is -2.83. The van der Waals surface area contributed by atoms with Crippen molar-refractivity contribution in [3.63, 3.8) is 0 Å². The van der Waals surface area contributed by atoms with Crippen LogP contribution in [-0.2, 0) is 9.59 Å². The summed E-state index contributed by atoms with van der Waals surface area (Å²) < 4.78 is 1.49. The second-order valence-corrected chi connectivity index (χ2v) is 6.50. The minimum Gasteiger partial charge on any atom is -0.506 e. The first-order valence-corrected chi connectivity index (χ1v) is 7.65. The quantitative estimate of drug-likeness (QED) is 0.516. The van der Waals surface area contributed by atoms with Gasteiger partial charge in [0, 0.05) is 17.4 Å². The third-order valence-electron chi connectivity index (χ3n) is 4.31. The van der Waals surface area contributed by atoms with Gasteiger partial charge < -0.3 is 5.11 Å². The molecule has 1 aliphatic carbocycles. The average Bonchev–Trinajstić information content (AvgIpc) is 3.06. The zero-order valence-electron chi connectivity index (χ0n) is 13.8. The van der Waals surface area contributed by atoms with E-state index in [0.29, 0.717) is 23.5 Å². The number of carbonyl (C=O) groups is 2. The summed E-state index contributed by atoms with van der Waals surface area (Å²) in [5, 5.41) is 14.6. The third-order valence-corrected chi connectivity index (χ3v) is 4.31. The maximum atomic E-state index is 12.6. The highest BCUT2D eigenvalue weighted by Crippen LogP contribution is 2.36. The van der Waals surface area contributed by atoms with Crippen LogP contribution in [-0.4, -0.2) is 36.4 Å². The molecule has 1 saturated carbocycles. The predicted molar refractivity (Wildman–Crippen MR) is 86.5 cm³/mol. The molecule has 0 unspecified atom stereocenters. The van der Waals surface area contributed by atoms with Crippen molar-refractivity contribution in [1.29, 1.82) is 0 Å². The Balaban J connectivity index is 2.07. The number of aromatic nitrogens is 4. The standard InChI is InChI=1S/C17H18N4O3/c1-10-11(4-5-13(20-10)21-9-18-8-19-21)15(23)14-12(22)6-7-17(2,3)16(14)24/h4-5,8-9,23H,6-7H2,1-3H3. The summed E-state index contributed by atoms with van der Waals surface area (Å²) in [5.74, 6) is -0.409. The smallest absolute Gasteiger partial charge is 0.175 e. The lowest BCUT2D eigenvalue weighted by Gasteiger charge is -2.29. The van der Waals surface area contributed by atoms with Gasteiger partial charge in [-0.15, -0.1) is 0 Å². The van der Waals surface area contributed by atoms with Crippen molar-refractivity contribution in [2.45, 2.75) is 33.6 Å². The lowest BCUT2D eigenvalue weighted by atomic mass is 9.72. The molecule has 7 heteroatoms. The van der Waals surface area contributed by atoms with E-state index in [4.69, 9.17) is 0 Å². The van der Waals surface area contributed by atoms with Crippen molar-refractivity contribution in [3.8, 4) is 5.82 Å². The van der Waals surface area contributed by atoms with E-state index in [1.54, 1.807) is 32.9 Å². The van der Waals surface area contributed by atoms with E-state index in [0.717, 1.165) is 0 Å². The van der Waals surface area contributed by atoms with Crippen molar-refractivity contribution in [2.75, 3.05) is 0 Å². The Labute approximate surface area is 139 Å². The summed E-state index contributed by atoms with van der Waals surface area (Å²) in [4.78, 5) is 33.0. The van der Waals surface area contributed by atoms with Crippen LogP contribution in [0.4, 0.5) is 0 Å².